The highest BCUT2D eigenvalue weighted by Gasteiger charge is 2.33. The highest BCUT2D eigenvalue weighted by atomic mass is 16.3. The number of fused-ring (bicyclic) bond motifs is 1. The molecule has 4 heteroatoms. The Morgan fingerprint density at radius 3 is 1.86 bits per heavy atom. The highest BCUT2D eigenvalue weighted by molar-refractivity contribution is 5.97. The molecule has 0 saturated carbocycles. The second-order valence-corrected chi connectivity index (χ2v) is 21.7. The summed E-state index contributed by atoms with van der Waals surface area (Å²) < 4.78 is 48.5. The van der Waals surface area contributed by atoms with Crippen LogP contribution in [0.4, 0.5) is 0 Å². The fourth-order valence-corrected chi connectivity index (χ4v) is 10.1. The van der Waals surface area contributed by atoms with E-state index in [2.05, 4.69) is 148 Å². The van der Waals surface area contributed by atoms with Gasteiger partial charge in [-0.25, -0.2) is 4.98 Å². The average Bonchev–Trinajstić information content (AvgIpc) is 3.76. The number of nitrogens with zero attached hydrogens (tertiary/aromatic N) is 3. The van der Waals surface area contributed by atoms with Crippen LogP contribution in [0.15, 0.2) is 128 Å². The molecule has 0 spiro atoms. The molecular formula is C66H77N3O. The van der Waals surface area contributed by atoms with Crippen molar-refractivity contribution in [3.8, 4) is 67.5 Å². The summed E-state index contributed by atoms with van der Waals surface area (Å²) in [6.07, 6.45) is 5.52. The largest absolute Gasteiger partial charge is 0.507 e. The molecule has 8 rings (SSSR count). The lowest BCUT2D eigenvalue weighted by Gasteiger charge is -2.36. The molecular weight excluding hydrogens is 851 g/mol. The molecule has 70 heavy (non-hydrogen) atoms. The molecule has 2 aromatic heterocycles. The van der Waals surface area contributed by atoms with Crippen molar-refractivity contribution in [2.24, 2.45) is 0 Å². The number of pyridine rings is 1. The van der Waals surface area contributed by atoms with Crippen LogP contribution in [0.3, 0.4) is 0 Å². The predicted molar refractivity (Wildman–Crippen MR) is 300 cm³/mol. The fraction of sp³-hybridized carbons (Fsp3) is 0.364. The molecule has 362 valence electrons. The predicted octanol–water partition coefficient (Wildman–Crippen LogP) is 18.8. The van der Waals surface area contributed by atoms with Gasteiger partial charge in [-0.1, -0.05) is 168 Å². The zero-order valence-electron chi connectivity index (χ0n) is 49.2. The van der Waals surface area contributed by atoms with Crippen LogP contribution in [-0.4, -0.2) is 19.6 Å². The quantitative estimate of drug-likeness (QED) is 0.118. The topological polar surface area (TPSA) is 50.9 Å². The van der Waals surface area contributed by atoms with Crippen molar-refractivity contribution >= 4 is 11.0 Å². The average molecular weight is 933 g/mol. The molecule has 6 aromatic carbocycles. The SMILES string of the molecule is [2H]C([2H])([2H])c1cc(-c2c(C(C)(CC)CC)cccc2C(C)(CC)CC)ccc1-n1c(-c2cc(C([2H])(C)C)cc(C([2H])(C)C)c2O)nc2c(-c3cc(-c4cc(-c5ccc(C)cc5)ccn4)cc(C(C)(C)C)c3)cccc21. The molecule has 2 heterocycles. The molecule has 8 aromatic rings. The summed E-state index contributed by atoms with van der Waals surface area (Å²) in [5.74, 6) is -2.21. The Kier molecular flexibility index (Phi) is 12.2. The van der Waals surface area contributed by atoms with Crippen LogP contribution in [0.1, 0.15) is 173 Å². The number of rotatable bonds is 14. The molecule has 1 N–H and O–H groups in total. The van der Waals surface area contributed by atoms with Gasteiger partial charge in [-0.2, -0.15) is 0 Å². The number of phenolic OH excluding ortho intramolecular Hbond substituents is 1. The molecule has 0 bridgehead atoms. The molecule has 0 amide bonds. The first kappa shape index (κ1) is 43.7. The Bertz CT molecular complexity index is 3370. The molecule has 0 aliphatic carbocycles. The van der Waals surface area contributed by atoms with E-state index in [4.69, 9.17) is 9.97 Å². The lowest BCUT2D eigenvalue weighted by Crippen LogP contribution is -2.25. The molecule has 0 aliphatic heterocycles. The van der Waals surface area contributed by atoms with E-state index in [1.54, 1.807) is 39.8 Å². The maximum atomic E-state index is 12.5. The van der Waals surface area contributed by atoms with Crippen molar-refractivity contribution in [3.63, 3.8) is 0 Å². The number of imidazole rings is 1. The van der Waals surface area contributed by atoms with Gasteiger partial charge in [0.1, 0.15) is 11.6 Å². The van der Waals surface area contributed by atoms with Gasteiger partial charge in [0.15, 0.2) is 0 Å². The Balaban J connectivity index is 1.48. The first-order valence-electron chi connectivity index (χ1n) is 27.9. The Hall–Kier alpha value is -6.26. The van der Waals surface area contributed by atoms with E-state index in [-0.39, 0.29) is 27.6 Å². The maximum absolute atomic E-state index is 12.5. The third-order valence-electron chi connectivity index (χ3n) is 15.7. The van der Waals surface area contributed by atoms with E-state index < -0.39 is 18.6 Å². The minimum absolute atomic E-state index is 0.139. The van der Waals surface area contributed by atoms with Crippen molar-refractivity contribution in [1.29, 1.82) is 0 Å². The van der Waals surface area contributed by atoms with Crippen LogP contribution in [0.25, 0.3) is 72.7 Å². The van der Waals surface area contributed by atoms with E-state index in [9.17, 15) is 12.0 Å². The van der Waals surface area contributed by atoms with E-state index in [0.717, 1.165) is 75.9 Å². The number of hydrogen-bond acceptors (Lipinski definition) is 3. The number of aromatic nitrogens is 3. The van der Waals surface area contributed by atoms with E-state index >= 15 is 0 Å². The summed E-state index contributed by atoms with van der Waals surface area (Å²) in [6.45, 7) is 26.7. The van der Waals surface area contributed by atoms with Gasteiger partial charge in [0.25, 0.3) is 0 Å². The third kappa shape index (κ3) is 9.27. The second-order valence-electron chi connectivity index (χ2n) is 21.7. The fourth-order valence-electron chi connectivity index (χ4n) is 10.1. The highest BCUT2D eigenvalue weighted by Crippen LogP contribution is 2.48. The Morgan fingerprint density at radius 1 is 0.629 bits per heavy atom. The number of hydrogen-bond donors (Lipinski definition) is 1. The zero-order chi connectivity index (χ0) is 54.8. The van der Waals surface area contributed by atoms with Gasteiger partial charge in [-0.3, -0.25) is 9.55 Å². The lowest BCUT2D eigenvalue weighted by atomic mass is 9.68. The van der Waals surface area contributed by atoms with Crippen molar-refractivity contribution in [2.75, 3.05) is 0 Å². The summed E-state index contributed by atoms with van der Waals surface area (Å²) in [4.78, 5) is 10.4. The summed E-state index contributed by atoms with van der Waals surface area (Å²) in [5.41, 5.74) is 14.7. The van der Waals surface area contributed by atoms with Gasteiger partial charge in [0, 0.05) is 24.2 Å². The number of aromatic hydroxyl groups is 1. The number of benzene rings is 6. The van der Waals surface area contributed by atoms with Gasteiger partial charge >= 0.3 is 0 Å². The molecule has 0 aliphatic rings. The van der Waals surface area contributed by atoms with Gasteiger partial charge in [-0.05, 0) is 177 Å². The molecule has 0 saturated heterocycles. The smallest absolute Gasteiger partial charge is 0.149 e. The minimum Gasteiger partial charge on any atom is -0.507 e. The van der Waals surface area contributed by atoms with Crippen molar-refractivity contribution in [1.82, 2.24) is 14.5 Å². The summed E-state index contributed by atoms with van der Waals surface area (Å²) >= 11 is 0. The third-order valence-corrected chi connectivity index (χ3v) is 15.7. The first-order chi connectivity index (χ1) is 35.1. The van der Waals surface area contributed by atoms with Crippen LogP contribution >= 0.6 is 0 Å². The number of aryl methyl sites for hydroxylation is 2. The van der Waals surface area contributed by atoms with Crippen molar-refractivity contribution in [3.05, 3.63) is 166 Å². The van der Waals surface area contributed by atoms with Crippen LogP contribution in [0.5, 0.6) is 5.75 Å². The maximum Gasteiger partial charge on any atom is 0.149 e. The van der Waals surface area contributed by atoms with Gasteiger partial charge in [0.2, 0.25) is 0 Å². The standard InChI is InChI=1S/C66H77N3O/c1-16-65(14,17-2)55-23-21-24-56(66(15,18-3)19-4)60(55)47-30-31-58(44(10)34-47)69-59-25-20-22-52(61(59)68-63(69)54-39-48(41(5)6)38-53(42(7)8)62(54)70)49-35-50(37-51(36-49)64(11,12)13)57-40-46(32-33-67-57)45-28-26-43(9)27-29-45/h20-42,70H,16-19H2,1-15H3/i10D3,41D,42D. The first-order valence-corrected chi connectivity index (χ1v) is 25.4. The molecule has 0 radical (unpaired) electrons. The van der Waals surface area contributed by atoms with Crippen LogP contribution in [0.2, 0.25) is 0 Å². The molecule has 0 atom stereocenters. The van der Waals surface area contributed by atoms with E-state index in [0.29, 0.717) is 39.2 Å². The van der Waals surface area contributed by atoms with Crippen molar-refractivity contribution in [2.45, 2.75) is 158 Å². The lowest BCUT2D eigenvalue weighted by molar-refractivity contribution is 0.426. The summed E-state index contributed by atoms with van der Waals surface area (Å²) in [7, 11) is 0. The number of para-hydroxylation sites is 1. The van der Waals surface area contributed by atoms with Crippen LogP contribution in [-0.2, 0) is 16.2 Å². The van der Waals surface area contributed by atoms with Crippen molar-refractivity contribution < 1.29 is 12.0 Å². The normalized spacial score (nSPS) is 14.0. The monoisotopic (exact) mass is 933 g/mol. The van der Waals surface area contributed by atoms with Crippen LogP contribution < -0.4 is 0 Å². The molecule has 4 nitrogen and oxygen atoms in total. The summed E-state index contributed by atoms with van der Waals surface area (Å²) in [6, 6.07) is 41.3. The molecule has 0 fully saturated rings. The Morgan fingerprint density at radius 2 is 1.26 bits per heavy atom. The minimum atomic E-state index is -2.60. The van der Waals surface area contributed by atoms with E-state index in [1.807, 2.05) is 41.1 Å². The van der Waals surface area contributed by atoms with Crippen LogP contribution in [0, 0.1) is 13.8 Å². The second kappa shape index (κ2) is 19.5. The van der Waals surface area contributed by atoms with E-state index in [1.165, 1.54) is 16.7 Å². The zero-order valence-corrected chi connectivity index (χ0v) is 44.2. The summed E-state index contributed by atoms with van der Waals surface area (Å²) in [5, 5.41) is 12.5. The Labute approximate surface area is 427 Å². The molecule has 0 unspecified atom stereocenters. The number of phenols is 1. The van der Waals surface area contributed by atoms with Gasteiger partial charge < -0.3 is 5.11 Å². The van der Waals surface area contributed by atoms with Gasteiger partial charge in [-0.15, -0.1) is 0 Å². The van der Waals surface area contributed by atoms with Gasteiger partial charge in [0.05, 0.1) is 28.0 Å².